The average Bonchev–Trinajstić information content (AvgIpc) is 2.95. The van der Waals surface area contributed by atoms with Gasteiger partial charge < -0.3 is 0 Å². The van der Waals surface area contributed by atoms with Gasteiger partial charge in [0, 0.05) is 36.1 Å². The van der Waals surface area contributed by atoms with E-state index >= 15 is 0 Å². The van der Waals surface area contributed by atoms with Crippen molar-refractivity contribution in [3.8, 4) is 11.4 Å². The van der Waals surface area contributed by atoms with Crippen molar-refractivity contribution in [2.45, 2.75) is 0 Å². The summed E-state index contributed by atoms with van der Waals surface area (Å²) in [5.41, 5.74) is 8.22. The molecule has 4 heteroatoms. The van der Waals surface area contributed by atoms with Gasteiger partial charge in [0.15, 0.2) is 6.20 Å². The van der Waals surface area contributed by atoms with Gasteiger partial charge in [-0.15, -0.1) is 0 Å². The molecule has 4 heterocycles. The maximum Gasteiger partial charge on any atom is 0.211 e. The molecule has 1 N–H and O–H groups in total. The number of H-pyrrole nitrogens is 1. The van der Waals surface area contributed by atoms with Crippen LogP contribution in [0.2, 0.25) is 0 Å². The number of fused-ring (bicyclic) bond motifs is 2. The van der Waals surface area contributed by atoms with E-state index in [4.69, 9.17) is 0 Å². The van der Waals surface area contributed by atoms with Crippen LogP contribution in [-0.2, 0) is 0 Å². The summed E-state index contributed by atoms with van der Waals surface area (Å²) in [6.45, 7) is 0. The van der Waals surface area contributed by atoms with E-state index in [2.05, 4.69) is 86.7 Å². The summed E-state index contributed by atoms with van der Waals surface area (Å²) in [6.07, 6.45) is 16.0. The fraction of sp³-hybridized carbons (Fsp3) is 0. The molecule has 0 aliphatic heterocycles. The number of aromatic nitrogens is 4. The Morgan fingerprint density at radius 3 is 1.89 bits per heavy atom. The minimum atomic E-state index is 0.840. The lowest BCUT2D eigenvalue weighted by Crippen LogP contribution is -2.02. The number of rotatable bonds is 5. The Morgan fingerprint density at radius 2 is 1.14 bits per heavy atom. The monoisotopic (exact) mass is 463 g/mol. The van der Waals surface area contributed by atoms with Crippen LogP contribution in [0.5, 0.6) is 0 Å². The SMILES string of the molecule is C(=C\c1ccnc2ccccc12)/c1ccnc(-c2cc(/C=C/c3cc[nH+]c4ccccc34)ccn2)c1. The lowest BCUT2D eigenvalue weighted by molar-refractivity contribution is -0.344. The van der Waals surface area contributed by atoms with Gasteiger partial charge in [-0.05, 0) is 64.7 Å². The van der Waals surface area contributed by atoms with Gasteiger partial charge in [-0.3, -0.25) is 15.0 Å². The third-order valence-corrected chi connectivity index (χ3v) is 6.16. The van der Waals surface area contributed by atoms with Crippen LogP contribution in [0.1, 0.15) is 22.3 Å². The number of aromatic amines is 1. The molecule has 0 saturated carbocycles. The van der Waals surface area contributed by atoms with Gasteiger partial charge in [-0.1, -0.05) is 54.6 Å². The first kappa shape index (κ1) is 21.6. The zero-order valence-electron chi connectivity index (χ0n) is 19.5. The highest BCUT2D eigenvalue weighted by Crippen LogP contribution is 2.22. The van der Waals surface area contributed by atoms with E-state index in [0.29, 0.717) is 0 Å². The van der Waals surface area contributed by atoms with Gasteiger partial charge in [0.05, 0.1) is 22.3 Å². The highest BCUT2D eigenvalue weighted by atomic mass is 14.8. The van der Waals surface area contributed by atoms with Crippen LogP contribution in [0.4, 0.5) is 0 Å². The van der Waals surface area contributed by atoms with Gasteiger partial charge in [-0.25, -0.2) is 4.98 Å². The molecule has 4 nitrogen and oxygen atoms in total. The molecule has 0 radical (unpaired) electrons. The van der Waals surface area contributed by atoms with E-state index in [1.165, 1.54) is 5.39 Å². The van der Waals surface area contributed by atoms with Gasteiger partial charge in [0.2, 0.25) is 5.52 Å². The van der Waals surface area contributed by atoms with Crippen molar-refractivity contribution in [3.05, 3.63) is 132 Å². The Labute approximate surface area is 209 Å². The fourth-order valence-corrected chi connectivity index (χ4v) is 4.33. The molecule has 0 amide bonds. The first-order valence-electron chi connectivity index (χ1n) is 11.9. The normalized spacial score (nSPS) is 11.7. The molecule has 0 fully saturated rings. The van der Waals surface area contributed by atoms with E-state index in [-0.39, 0.29) is 0 Å². The summed E-state index contributed by atoms with van der Waals surface area (Å²) in [7, 11) is 0. The number of pyridine rings is 4. The summed E-state index contributed by atoms with van der Waals surface area (Å²) in [4.78, 5) is 16.9. The van der Waals surface area contributed by atoms with Crippen molar-refractivity contribution in [3.63, 3.8) is 0 Å². The highest BCUT2D eigenvalue weighted by Gasteiger charge is 2.05. The Bertz CT molecular complexity index is 1610. The molecule has 2 aromatic carbocycles. The number of nitrogens with zero attached hydrogens (tertiary/aromatic N) is 3. The number of para-hydroxylation sites is 2. The Balaban J connectivity index is 1.27. The molecular formula is C32H23N4+. The number of hydrogen-bond donors (Lipinski definition) is 0. The summed E-state index contributed by atoms with van der Waals surface area (Å²) in [6, 6.07) is 28.8. The molecule has 0 spiro atoms. The molecular weight excluding hydrogens is 440 g/mol. The van der Waals surface area contributed by atoms with E-state index in [1.54, 1.807) is 0 Å². The van der Waals surface area contributed by atoms with Crippen LogP contribution in [0.25, 0.3) is 57.5 Å². The summed E-state index contributed by atoms with van der Waals surface area (Å²) in [5, 5.41) is 2.32. The Hall–Kier alpha value is -4.96. The maximum absolute atomic E-state index is 4.58. The first-order valence-corrected chi connectivity index (χ1v) is 11.9. The predicted molar refractivity (Wildman–Crippen MR) is 148 cm³/mol. The molecule has 0 bridgehead atoms. The summed E-state index contributed by atoms with van der Waals surface area (Å²) in [5.74, 6) is 0. The minimum absolute atomic E-state index is 0.840. The molecule has 0 saturated heterocycles. The average molecular weight is 464 g/mol. The van der Waals surface area contributed by atoms with Crippen molar-refractivity contribution in [1.82, 2.24) is 15.0 Å². The van der Waals surface area contributed by atoms with Crippen LogP contribution in [0, 0.1) is 0 Å². The molecule has 6 aromatic rings. The van der Waals surface area contributed by atoms with Crippen LogP contribution >= 0.6 is 0 Å². The smallest absolute Gasteiger partial charge is 0.211 e. The number of nitrogens with one attached hydrogen (secondary N) is 1. The zero-order valence-corrected chi connectivity index (χ0v) is 19.5. The molecule has 0 unspecified atom stereocenters. The van der Waals surface area contributed by atoms with Gasteiger partial charge in [0.25, 0.3) is 0 Å². The van der Waals surface area contributed by atoms with Crippen molar-refractivity contribution in [2.75, 3.05) is 0 Å². The van der Waals surface area contributed by atoms with E-state index in [1.807, 2.05) is 67.3 Å². The predicted octanol–water partition coefficient (Wildman–Crippen LogP) is 7.00. The second-order valence-electron chi connectivity index (χ2n) is 8.51. The van der Waals surface area contributed by atoms with Crippen LogP contribution in [-0.4, -0.2) is 15.0 Å². The molecule has 36 heavy (non-hydrogen) atoms. The third-order valence-electron chi connectivity index (χ3n) is 6.16. The lowest BCUT2D eigenvalue weighted by atomic mass is 10.1. The molecule has 0 atom stereocenters. The van der Waals surface area contributed by atoms with Gasteiger partial charge >= 0.3 is 0 Å². The van der Waals surface area contributed by atoms with E-state index < -0.39 is 0 Å². The standard InChI is InChI=1S/C32H22N4/c1-3-7-29-27(5-1)25(15-19-33-29)11-9-23-13-17-35-31(21-23)32-22-24(14-18-36-32)10-12-26-16-20-34-30-8-4-2-6-28(26)30/h1-22H/p+1/b11-9+,12-10+. The van der Waals surface area contributed by atoms with Crippen molar-refractivity contribution in [2.24, 2.45) is 0 Å². The minimum Gasteiger partial charge on any atom is -0.256 e. The third kappa shape index (κ3) is 4.52. The van der Waals surface area contributed by atoms with Crippen molar-refractivity contribution >= 4 is 46.1 Å². The van der Waals surface area contributed by atoms with Crippen molar-refractivity contribution in [1.29, 1.82) is 0 Å². The van der Waals surface area contributed by atoms with Crippen LogP contribution < -0.4 is 4.98 Å². The van der Waals surface area contributed by atoms with Crippen LogP contribution in [0.15, 0.2) is 110 Å². The maximum atomic E-state index is 4.58. The topological polar surface area (TPSA) is 52.8 Å². The first-order chi connectivity index (χ1) is 17.8. The molecule has 4 aromatic heterocycles. The largest absolute Gasteiger partial charge is 0.256 e. The van der Waals surface area contributed by atoms with Crippen LogP contribution in [0.3, 0.4) is 0 Å². The molecule has 6 rings (SSSR count). The second kappa shape index (κ2) is 9.72. The molecule has 170 valence electrons. The van der Waals surface area contributed by atoms with E-state index in [9.17, 15) is 0 Å². The number of hydrogen-bond acceptors (Lipinski definition) is 3. The van der Waals surface area contributed by atoms with E-state index in [0.717, 1.165) is 50.1 Å². The van der Waals surface area contributed by atoms with Gasteiger partial charge in [0.1, 0.15) is 0 Å². The summed E-state index contributed by atoms with van der Waals surface area (Å²) < 4.78 is 0. The zero-order chi connectivity index (χ0) is 24.2. The van der Waals surface area contributed by atoms with Gasteiger partial charge in [-0.2, -0.15) is 0 Å². The highest BCUT2D eigenvalue weighted by molar-refractivity contribution is 5.91. The molecule has 0 aliphatic rings. The Kier molecular flexibility index (Phi) is 5.83. The number of benzene rings is 2. The quantitative estimate of drug-likeness (QED) is 0.277. The fourth-order valence-electron chi connectivity index (χ4n) is 4.33. The second-order valence-corrected chi connectivity index (χ2v) is 8.51. The Morgan fingerprint density at radius 1 is 0.528 bits per heavy atom. The van der Waals surface area contributed by atoms with Crippen molar-refractivity contribution < 1.29 is 4.98 Å². The summed E-state index contributed by atoms with van der Waals surface area (Å²) >= 11 is 0. The lowest BCUT2D eigenvalue weighted by Gasteiger charge is -2.04. The molecule has 0 aliphatic carbocycles.